The van der Waals surface area contributed by atoms with Crippen LogP contribution in [0.3, 0.4) is 0 Å². The van der Waals surface area contributed by atoms with Gasteiger partial charge in [-0.2, -0.15) is 0 Å². The number of methoxy groups -OCH3 is 1. The number of benzene rings is 2. The van der Waals surface area contributed by atoms with Gasteiger partial charge in [-0.15, -0.1) is 0 Å². The minimum absolute atomic E-state index is 0.0958. The van der Waals surface area contributed by atoms with E-state index in [0.29, 0.717) is 28.4 Å². The fourth-order valence-electron chi connectivity index (χ4n) is 6.72. The molecule has 0 radical (unpaired) electrons. The van der Waals surface area contributed by atoms with Gasteiger partial charge in [0.15, 0.2) is 0 Å². The summed E-state index contributed by atoms with van der Waals surface area (Å²) < 4.78 is 25.5. The Balaban J connectivity index is 1.56. The number of esters is 1. The Labute approximate surface area is 194 Å². The maximum Gasteiger partial charge on any atom is 0.315 e. The summed E-state index contributed by atoms with van der Waals surface area (Å²) in [5.41, 5.74) is 2.09. The number of hydrogen-bond acceptors (Lipinski definition) is 6. The lowest BCUT2D eigenvalue weighted by molar-refractivity contribution is -0.164. The van der Waals surface area contributed by atoms with Crippen molar-refractivity contribution < 1.29 is 23.4 Å². The highest BCUT2D eigenvalue weighted by Crippen LogP contribution is 2.69. The molecule has 4 atom stereocenters. The number of hydrogen-bond donors (Lipinski definition) is 0. The lowest BCUT2D eigenvalue weighted by atomic mass is 9.47. The summed E-state index contributed by atoms with van der Waals surface area (Å²) in [5, 5.41) is 1.71. The molecule has 1 aliphatic carbocycles. The number of carbonyl (C=O) groups is 1. The van der Waals surface area contributed by atoms with Crippen molar-refractivity contribution >= 4 is 27.8 Å². The van der Waals surface area contributed by atoms with Crippen molar-refractivity contribution in [3.05, 3.63) is 64.1 Å². The van der Waals surface area contributed by atoms with Crippen LogP contribution in [0.25, 0.3) is 21.9 Å². The number of pyridine rings is 1. The molecule has 0 saturated heterocycles. The molecule has 2 aliphatic heterocycles. The molecule has 0 bridgehead atoms. The number of aromatic nitrogens is 1. The van der Waals surface area contributed by atoms with E-state index in [0.717, 1.165) is 21.9 Å². The van der Waals surface area contributed by atoms with E-state index >= 15 is 0 Å². The Bertz CT molecular complexity index is 1610. The number of aryl methyl sites for hydroxylation is 1. The molecule has 4 heterocycles. The van der Waals surface area contributed by atoms with E-state index in [1.165, 1.54) is 0 Å². The van der Waals surface area contributed by atoms with Crippen LogP contribution in [0.2, 0.25) is 0 Å². The molecule has 2 aromatic carbocycles. The third-order valence-electron chi connectivity index (χ3n) is 8.07. The zero-order valence-corrected chi connectivity index (χ0v) is 19.2. The Kier molecular flexibility index (Phi) is 3.61. The van der Waals surface area contributed by atoms with Gasteiger partial charge in [-0.3, -0.25) is 9.59 Å². The topological polar surface area (TPSA) is 79.9 Å². The summed E-state index contributed by atoms with van der Waals surface area (Å²) in [6.07, 6.45) is 1.59. The van der Waals surface area contributed by atoms with Gasteiger partial charge >= 0.3 is 5.97 Å². The molecule has 0 unspecified atom stereocenters. The van der Waals surface area contributed by atoms with Crippen molar-refractivity contribution in [2.45, 2.75) is 31.3 Å². The second-order valence-electron chi connectivity index (χ2n) is 10.0. The van der Waals surface area contributed by atoms with Crippen LogP contribution < -0.4 is 19.8 Å². The molecule has 0 N–H and O–H groups in total. The molecular formula is C27H23NO6. The summed E-state index contributed by atoms with van der Waals surface area (Å²) in [5.74, 6) is 0.275. The van der Waals surface area contributed by atoms with Crippen LogP contribution >= 0.6 is 0 Å². The van der Waals surface area contributed by atoms with Crippen LogP contribution in [0.4, 0.5) is 0 Å². The van der Waals surface area contributed by atoms with Gasteiger partial charge in [0.1, 0.15) is 28.4 Å². The molecule has 1 fully saturated rings. The van der Waals surface area contributed by atoms with Crippen LogP contribution in [0.15, 0.2) is 51.9 Å². The molecule has 2 aromatic heterocycles. The van der Waals surface area contributed by atoms with Crippen molar-refractivity contribution in [2.24, 2.45) is 18.9 Å². The number of fused-ring (bicyclic) bond motifs is 11. The van der Waals surface area contributed by atoms with Crippen molar-refractivity contribution in [1.82, 2.24) is 4.57 Å². The molecule has 7 nitrogen and oxygen atoms in total. The Morgan fingerprint density at radius 3 is 2.59 bits per heavy atom. The van der Waals surface area contributed by atoms with E-state index in [1.54, 1.807) is 31.1 Å². The molecule has 172 valence electrons. The smallest absolute Gasteiger partial charge is 0.315 e. The summed E-state index contributed by atoms with van der Waals surface area (Å²) in [6.45, 7) is 3.99. The standard InChI is InChI=1S/C27H23NO6/c1-27(2)22-19(21-24(34-27)12-7-5-6-8-14(12)28(3)25(21)29)18-17-16(33-26(30)20(18)22)11-15-13(9-10-32-15)23(17)31-4/h5-11,18-20,22H,1-4H3/t18-,19-,20-,22+/m1/s1. The number of rotatable bonds is 1. The van der Waals surface area contributed by atoms with Crippen LogP contribution in [-0.4, -0.2) is 23.2 Å². The highest BCUT2D eigenvalue weighted by molar-refractivity contribution is 5.93. The summed E-state index contributed by atoms with van der Waals surface area (Å²) >= 11 is 0. The number of nitrogens with zero attached hydrogens (tertiary/aromatic N) is 1. The largest absolute Gasteiger partial charge is 0.496 e. The molecule has 4 aromatic rings. The van der Waals surface area contributed by atoms with Crippen molar-refractivity contribution in [2.75, 3.05) is 7.11 Å². The molecule has 7 rings (SSSR count). The lowest BCUT2D eigenvalue weighted by Gasteiger charge is -2.60. The Morgan fingerprint density at radius 2 is 1.79 bits per heavy atom. The van der Waals surface area contributed by atoms with Gasteiger partial charge in [-0.1, -0.05) is 12.1 Å². The van der Waals surface area contributed by atoms with Crippen LogP contribution in [-0.2, 0) is 11.8 Å². The molecule has 0 amide bonds. The zero-order chi connectivity index (χ0) is 23.5. The van der Waals surface area contributed by atoms with E-state index in [2.05, 4.69) is 0 Å². The normalized spacial score (nSPS) is 25.9. The number of para-hydroxylation sites is 1. The number of carbonyl (C=O) groups excluding carboxylic acids is 1. The zero-order valence-electron chi connectivity index (χ0n) is 19.2. The van der Waals surface area contributed by atoms with Crippen LogP contribution in [0.1, 0.15) is 36.8 Å². The molecule has 1 saturated carbocycles. The predicted molar refractivity (Wildman–Crippen MR) is 125 cm³/mol. The second-order valence-corrected chi connectivity index (χ2v) is 10.0. The molecule has 7 heteroatoms. The fraction of sp³-hybridized carbons (Fsp3) is 0.333. The van der Waals surface area contributed by atoms with E-state index in [4.69, 9.17) is 18.6 Å². The number of furan rings is 1. The maximum atomic E-state index is 13.7. The van der Waals surface area contributed by atoms with E-state index in [-0.39, 0.29) is 29.3 Å². The Morgan fingerprint density at radius 1 is 1.00 bits per heavy atom. The lowest BCUT2D eigenvalue weighted by Crippen LogP contribution is -2.63. The van der Waals surface area contributed by atoms with Crippen molar-refractivity contribution in [3.8, 4) is 17.2 Å². The molecule has 34 heavy (non-hydrogen) atoms. The third-order valence-corrected chi connectivity index (χ3v) is 8.07. The summed E-state index contributed by atoms with van der Waals surface area (Å²) in [6, 6.07) is 11.4. The molecule has 3 aliphatic rings. The van der Waals surface area contributed by atoms with Gasteiger partial charge in [-0.25, -0.2) is 0 Å². The Hall–Kier alpha value is -3.74. The van der Waals surface area contributed by atoms with E-state index < -0.39 is 11.5 Å². The first-order valence-electron chi connectivity index (χ1n) is 11.4. The SMILES string of the molecule is COc1c2c(cc3occc13)OC(=O)[C@@H]1[C@H]2[C@@H]2c3c(c4ccccc4n(C)c3=O)OC(C)(C)[C@H]12. The first-order chi connectivity index (χ1) is 16.3. The third kappa shape index (κ3) is 2.18. The van der Waals surface area contributed by atoms with Crippen molar-refractivity contribution in [3.63, 3.8) is 0 Å². The highest BCUT2D eigenvalue weighted by atomic mass is 16.5. The first-order valence-corrected chi connectivity index (χ1v) is 11.4. The predicted octanol–water partition coefficient (Wildman–Crippen LogP) is 4.50. The maximum absolute atomic E-state index is 13.7. The van der Waals surface area contributed by atoms with Gasteiger partial charge in [0.25, 0.3) is 5.56 Å². The van der Waals surface area contributed by atoms with Gasteiger partial charge in [-0.05, 0) is 32.0 Å². The average Bonchev–Trinajstić information content (AvgIpc) is 3.25. The van der Waals surface area contributed by atoms with E-state index in [9.17, 15) is 9.59 Å². The van der Waals surface area contributed by atoms with Crippen LogP contribution in [0, 0.1) is 11.8 Å². The second kappa shape index (κ2) is 6.23. The highest BCUT2D eigenvalue weighted by Gasteiger charge is 2.67. The molecule has 0 spiro atoms. The van der Waals surface area contributed by atoms with Gasteiger partial charge in [0.05, 0.1) is 35.8 Å². The van der Waals surface area contributed by atoms with Crippen molar-refractivity contribution in [1.29, 1.82) is 0 Å². The monoisotopic (exact) mass is 457 g/mol. The van der Waals surface area contributed by atoms with Gasteiger partial charge < -0.3 is 23.2 Å². The minimum atomic E-state index is -0.669. The quantitative estimate of drug-likeness (QED) is 0.309. The summed E-state index contributed by atoms with van der Waals surface area (Å²) in [7, 11) is 3.40. The average molecular weight is 457 g/mol. The van der Waals surface area contributed by atoms with Gasteiger partial charge in [0, 0.05) is 41.8 Å². The first kappa shape index (κ1) is 19.7. The fourth-order valence-corrected chi connectivity index (χ4v) is 6.72. The van der Waals surface area contributed by atoms with Gasteiger partial charge in [0.2, 0.25) is 0 Å². The number of ether oxygens (including phenoxy) is 3. The minimum Gasteiger partial charge on any atom is -0.496 e. The molecular weight excluding hydrogens is 434 g/mol. The van der Waals surface area contributed by atoms with Crippen LogP contribution in [0.5, 0.6) is 17.2 Å². The summed E-state index contributed by atoms with van der Waals surface area (Å²) in [4.78, 5) is 27.0. The van der Waals surface area contributed by atoms with E-state index in [1.807, 2.05) is 44.2 Å².